The maximum atomic E-state index is 14.7. The molecule has 3 aromatic heterocycles. The Hall–Kier alpha value is -4.34. The third kappa shape index (κ3) is 4.30. The van der Waals surface area contributed by atoms with Crippen LogP contribution in [0.25, 0.3) is 33.6 Å². The summed E-state index contributed by atoms with van der Waals surface area (Å²) in [4.78, 5) is 8.51. The van der Waals surface area contributed by atoms with Gasteiger partial charge in [0.1, 0.15) is 29.5 Å². The van der Waals surface area contributed by atoms with Crippen LogP contribution in [0.15, 0.2) is 53.2 Å². The molecular formula is C25H22F2N6O2. The average Bonchev–Trinajstić information content (AvgIpc) is 3.43. The number of fused-ring (bicyclic) bond motifs is 1. The molecule has 0 aliphatic rings. The molecule has 0 radical (unpaired) electrons. The lowest BCUT2D eigenvalue weighted by atomic mass is 10.1. The number of ether oxygens (including phenoxy) is 1. The van der Waals surface area contributed by atoms with Crippen molar-refractivity contribution in [3.63, 3.8) is 0 Å². The van der Waals surface area contributed by atoms with Gasteiger partial charge in [-0.15, -0.1) is 10.2 Å². The summed E-state index contributed by atoms with van der Waals surface area (Å²) in [5.41, 5.74) is 2.77. The van der Waals surface area contributed by atoms with Crippen molar-refractivity contribution >= 4 is 16.7 Å². The zero-order valence-electron chi connectivity index (χ0n) is 19.3. The topological polar surface area (TPSA) is 90.9 Å². The molecule has 0 fully saturated rings. The smallest absolute Gasteiger partial charge is 0.250 e. The van der Waals surface area contributed by atoms with Crippen LogP contribution in [0, 0.1) is 25.5 Å². The highest BCUT2D eigenvalue weighted by Gasteiger charge is 2.15. The van der Waals surface area contributed by atoms with Crippen molar-refractivity contribution in [1.29, 1.82) is 0 Å². The van der Waals surface area contributed by atoms with Gasteiger partial charge in [-0.1, -0.05) is 6.07 Å². The van der Waals surface area contributed by atoms with Crippen molar-refractivity contribution < 1.29 is 17.9 Å². The lowest BCUT2D eigenvalue weighted by Gasteiger charge is -2.12. The van der Waals surface area contributed by atoms with E-state index in [0.717, 1.165) is 11.1 Å². The van der Waals surface area contributed by atoms with Crippen LogP contribution in [-0.4, -0.2) is 38.4 Å². The second-order valence-corrected chi connectivity index (χ2v) is 7.99. The fraction of sp³-hybridized carbons (Fsp3) is 0.200. The first-order chi connectivity index (χ1) is 16.9. The van der Waals surface area contributed by atoms with E-state index < -0.39 is 5.82 Å². The van der Waals surface area contributed by atoms with Crippen LogP contribution < -0.4 is 10.1 Å². The number of methoxy groups -OCH3 is 1. The highest BCUT2D eigenvalue weighted by molar-refractivity contribution is 5.88. The number of halogens is 2. The van der Waals surface area contributed by atoms with Gasteiger partial charge < -0.3 is 19.0 Å². The minimum Gasteiger partial charge on any atom is -0.496 e. The summed E-state index contributed by atoms with van der Waals surface area (Å²) in [6.07, 6.45) is 1.41. The second-order valence-electron chi connectivity index (χ2n) is 7.99. The lowest BCUT2D eigenvalue weighted by molar-refractivity contribution is 0.419. The largest absolute Gasteiger partial charge is 0.496 e. The van der Waals surface area contributed by atoms with Crippen LogP contribution in [0.2, 0.25) is 0 Å². The summed E-state index contributed by atoms with van der Waals surface area (Å²) in [5, 5.41) is 11.6. The van der Waals surface area contributed by atoms with Gasteiger partial charge in [-0.3, -0.25) is 0 Å². The van der Waals surface area contributed by atoms with Gasteiger partial charge in [-0.05, 0) is 37.3 Å². The van der Waals surface area contributed by atoms with Crippen molar-refractivity contribution in [3.8, 4) is 28.5 Å². The van der Waals surface area contributed by atoms with Crippen molar-refractivity contribution in [1.82, 2.24) is 24.7 Å². The first-order valence-electron chi connectivity index (χ1n) is 10.9. The zero-order chi connectivity index (χ0) is 24.5. The molecule has 35 heavy (non-hydrogen) atoms. The van der Waals surface area contributed by atoms with Crippen LogP contribution in [0.1, 0.15) is 11.6 Å². The molecule has 0 saturated carbocycles. The van der Waals surface area contributed by atoms with E-state index in [0.29, 0.717) is 47.3 Å². The van der Waals surface area contributed by atoms with Gasteiger partial charge in [0, 0.05) is 42.7 Å². The molecule has 5 rings (SSSR count). The molecule has 10 heteroatoms. The molecule has 0 unspecified atom stereocenters. The van der Waals surface area contributed by atoms with Gasteiger partial charge in [0.2, 0.25) is 5.89 Å². The molecule has 0 aliphatic heterocycles. The normalized spacial score (nSPS) is 11.2. The van der Waals surface area contributed by atoms with Gasteiger partial charge in [0.05, 0.1) is 23.9 Å². The number of nitrogens with zero attached hydrogens (tertiary/aromatic N) is 5. The number of hydrogen-bond donors (Lipinski definition) is 1. The number of benzene rings is 2. The average molecular weight is 476 g/mol. The predicted octanol–water partition coefficient (Wildman–Crippen LogP) is 5.16. The minimum absolute atomic E-state index is 0.124. The maximum absolute atomic E-state index is 14.7. The van der Waals surface area contributed by atoms with Gasteiger partial charge in [0.25, 0.3) is 5.89 Å². The molecule has 0 spiro atoms. The molecule has 0 bridgehead atoms. The molecule has 5 aromatic rings. The highest BCUT2D eigenvalue weighted by Crippen LogP contribution is 2.31. The third-order valence-electron chi connectivity index (χ3n) is 5.73. The Labute approximate surface area is 199 Å². The van der Waals surface area contributed by atoms with E-state index >= 15 is 0 Å². The Balaban J connectivity index is 1.33. The Morgan fingerprint density at radius 1 is 1.00 bits per heavy atom. The fourth-order valence-corrected chi connectivity index (χ4v) is 4.07. The quantitative estimate of drug-likeness (QED) is 0.347. The standard InChI is InChI=1S/C25H22F2N6O2/c1-14-10-18-22(34-3)7-6-19(26)24(18)33(14)9-8-28-23-12-21(29-13-30-23)16-4-5-17(20(27)11-16)25-32-31-15(2)35-25/h4-7,10-13H,8-9H2,1-3H3,(H,28,29,30). The molecule has 3 heterocycles. The number of nitrogens with one attached hydrogen (secondary N) is 1. The minimum atomic E-state index is -0.494. The SMILES string of the molecule is COc1ccc(F)c2c1cc(C)n2CCNc1cc(-c2ccc(-c3nnc(C)o3)c(F)c2)ncn1. The van der Waals surface area contributed by atoms with Crippen LogP contribution in [0.4, 0.5) is 14.6 Å². The summed E-state index contributed by atoms with van der Waals surface area (Å²) in [7, 11) is 1.57. The summed E-state index contributed by atoms with van der Waals surface area (Å²) in [5.74, 6) is 0.882. The first kappa shape index (κ1) is 22.5. The number of aromatic nitrogens is 5. The van der Waals surface area contributed by atoms with E-state index in [1.165, 1.54) is 18.5 Å². The monoisotopic (exact) mass is 476 g/mol. The van der Waals surface area contributed by atoms with E-state index in [4.69, 9.17) is 9.15 Å². The van der Waals surface area contributed by atoms with Crippen LogP contribution in [-0.2, 0) is 6.54 Å². The fourth-order valence-electron chi connectivity index (χ4n) is 4.07. The van der Waals surface area contributed by atoms with E-state index in [-0.39, 0.29) is 17.3 Å². The Bertz CT molecular complexity index is 1530. The Morgan fingerprint density at radius 2 is 1.86 bits per heavy atom. The van der Waals surface area contributed by atoms with Gasteiger partial charge in [-0.25, -0.2) is 18.7 Å². The van der Waals surface area contributed by atoms with Crippen LogP contribution >= 0.6 is 0 Å². The lowest BCUT2D eigenvalue weighted by Crippen LogP contribution is -2.13. The molecule has 0 saturated heterocycles. The summed E-state index contributed by atoms with van der Waals surface area (Å²) >= 11 is 0. The molecule has 0 aliphatic carbocycles. The van der Waals surface area contributed by atoms with Crippen LogP contribution in [0.5, 0.6) is 5.75 Å². The molecule has 178 valence electrons. The van der Waals surface area contributed by atoms with Gasteiger partial charge in [-0.2, -0.15) is 0 Å². The first-order valence-corrected chi connectivity index (χ1v) is 10.9. The third-order valence-corrected chi connectivity index (χ3v) is 5.73. The van der Waals surface area contributed by atoms with Crippen molar-refractivity contribution in [3.05, 3.63) is 72.0 Å². The predicted molar refractivity (Wildman–Crippen MR) is 127 cm³/mol. The summed E-state index contributed by atoms with van der Waals surface area (Å²) in [6, 6.07) is 11.4. The van der Waals surface area contributed by atoms with Crippen molar-refractivity contribution in [2.45, 2.75) is 20.4 Å². The number of anilines is 1. The van der Waals surface area contributed by atoms with Gasteiger partial charge in [0.15, 0.2) is 0 Å². The summed E-state index contributed by atoms with van der Waals surface area (Å²) < 4.78 is 41.9. The molecular weight excluding hydrogens is 454 g/mol. The Morgan fingerprint density at radius 3 is 2.60 bits per heavy atom. The summed E-state index contributed by atoms with van der Waals surface area (Å²) in [6.45, 7) is 4.56. The Kier molecular flexibility index (Phi) is 5.86. The molecule has 2 aromatic carbocycles. The zero-order valence-corrected chi connectivity index (χ0v) is 19.3. The second kappa shape index (κ2) is 9.13. The molecule has 8 nitrogen and oxygen atoms in total. The number of hydrogen-bond acceptors (Lipinski definition) is 7. The molecule has 0 amide bonds. The van der Waals surface area contributed by atoms with Crippen LogP contribution in [0.3, 0.4) is 0 Å². The molecule has 0 atom stereocenters. The van der Waals surface area contributed by atoms with Crippen molar-refractivity contribution in [2.75, 3.05) is 19.0 Å². The number of aryl methyl sites for hydroxylation is 2. The van der Waals surface area contributed by atoms with E-state index in [9.17, 15) is 8.78 Å². The van der Waals surface area contributed by atoms with Gasteiger partial charge >= 0.3 is 0 Å². The number of rotatable bonds is 7. The molecule has 1 N–H and O–H groups in total. The van der Waals surface area contributed by atoms with E-state index in [1.54, 1.807) is 38.3 Å². The maximum Gasteiger partial charge on any atom is 0.250 e. The van der Waals surface area contributed by atoms with E-state index in [2.05, 4.69) is 25.5 Å². The van der Waals surface area contributed by atoms with Crippen molar-refractivity contribution in [2.24, 2.45) is 0 Å². The highest BCUT2D eigenvalue weighted by atomic mass is 19.1. The van der Waals surface area contributed by atoms with E-state index in [1.807, 2.05) is 17.6 Å².